The third kappa shape index (κ3) is 2.51. The number of hydrogen-bond donors (Lipinski definition) is 1. The molecule has 0 bridgehead atoms. The third-order valence-electron chi connectivity index (χ3n) is 2.24. The molecule has 0 aliphatic rings. The molecule has 1 atom stereocenters. The molecule has 0 fully saturated rings. The minimum absolute atomic E-state index is 0.315. The van der Waals surface area contributed by atoms with Gasteiger partial charge in [0, 0.05) is 14.7 Å². The van der Waals surface area contributed by atoms with E-state index in [9.17, 15) is 9.50 Å². The normalized spacial score (nSPS) is 12.8. The van der Waals surface area contributed by atoms with Crippen molar-refractivity contribution in [2.24, 2.45) is 0 Å². The second-order valence-electron chi connectivity index (χ2n) is 3.63. The van der Waals surface area contributed by atoms with E-state index in [1.54, 1.807) is 6.07 Å². The number of aliphatic hydroxyl groups excluding tert-OH is 1. The smallest absolute Gasteiger partial charge is 0.123 e. The van der Waals surface area contributed by atoms with Crippen molar-refractivity contribution in [2.45, 2.75) is 13.0 Å². The van der Waals surface area contributed by atoms with Crippen LogP contribution in [0.15, 0.2) is 34.1 Å². The summed E-state index contributed by atoms with van der Waals surface area (Å²) in [5.74, 6) is -0.315. The van der Waals surface area contributed by atoms with Gasteiger partial charge in [0.05, 0.1) is 0 Å². The summed E-state index contributed by atoms with van der Waals surface area (Å²) in [6.07, 6.45) is -0.759. The first kappa shape index (κ1) is 11.8. The maximum Gasteiger partial charge on any atom is 0.123 e. The van der Waals surface area contributed by atoms with Gasteiger partial charge in [0.25, 0.3) is 0 Å². The van der Waals surface area contributed by atoms with E-state index >= 15 is 0 Å². The van der Waals surface area contributed by atoms with Crippen LogP contribution in [-0.4, -0.2) is 5.11 Å². The molecule has 2 aromatic rings. The highest BCUT2D eigenvalue weighted by molar-refractivity contribution is 9.10. The van der Waals surface area contributed by atoms with E-state index in [1.807, 2.05) is 18.4 Å². The molecule has 1 nitrogen and oxygen atoms in total. The standard InChI is InChI=1S/C12H10BrFOS/c1-7-2-8(4-10(14)3-7)12(15)11-5-9(13)6-16-11/h2-6,12,15H,1H3. The molecule has 0 saturated carbocycles. The summed E-state index contributed by atoms with van der Waals surface area (Å²) in [6, 6.07) is 6.45. The average Bonchev–Trinajstić information content (AvgIpc) is 2.62. The molecule has 0 radical (unpaired) electrons. The monoisotopic (exact) mass is 300 g/mol. The maximum atomic E-state index is 13.2. The Morgan fingerprint density at radius 2 is 2.06 bits per heavy atom. The molecule has 0 spiro atoms. The topological polar surface area (TPSA) is 20.2 Å². The van der Waals surface area contributed by atoms with Gasteiger partial charge < -0.3 is 5.11 Å². The molecule has 0 aliphatic carbocycles. The van der Waals surface area contributed by atoms with Crippen molar-refractivity contribution >= 4 is 27.3 Å². The number of aryl methyl sites for hydroxylation is 1. The van der Waals surface area contributed by atoms with Crippen LogP contribution >= 0.6 is 27.3 Å². The third-order valence-corrected chi connectivity index (χ3v) is 3.98. The Morgan fingerprint density at radius 3 is 2.62 bits per heavy atom. The molecule has 1 aromatic carbocycles. The zero-order valence-electron chi connectivity index (χ0n) is 8.58. The fourth-order valence-corrected chi connectivity index (χ4v) is 3.01. The zero-order chi connectivity index (χ0) is 11.7. The molecular formula is C12H10BrFOS. The predicted octanol–water partition coefficient (Wildman–Crippen LogP) is 4.04. The van der Waals surface area contributed by atoms with Crippen molar-refractivity contribution in [1.82, 2.24) is 0 Å². The second kappa shape index (κ2) is 4.65. The van der Waals surface area contributed by atoms with Gasteiger partial charge in [-0.1, -0.05) is 6.07 Å². The van der Waals surface area contributed by atoms with Gasteiger partial charge in [0.2, 0.25) is 0 Å². The van der Waals surface area contributed by atoms with Crippen LogP contribution in [-0.2, 0) is 0 Å². The molecule has 4 heteroatoms. The van der Waals surface area contributed by atoms with E-state index in [1.165, 1.54) is 23.5 Å². The van der Waals surface area contributed by atoms with Crippen LogP contribution < -0.4 is 0 Å². The zero-order valence-corrected chi connectivity index (χ0v) is 11.0. The van der Waals surface area contributed by atoms with Crippen LogP contribution in [0.4, 0.5) is 4.39 Å². The van der Waals surface area contributed by atoms with E-state index < -0.39 is 6.10 Å². The highest BCUT2D eigenvalue weighted by atomic mass is 79.9. The molecule has 1 unspecified atom stereocenters. The van der Waals surface area contributed by atoms with E-state index in [0.29, 0.717) is 5.56 Å². The fourth-order valence-electron chi connectivity index (χ4n) is 1.56. The lowest BCUT2D eigenvalue weighted by Gasteiger charge is -2.09. The lowest BCUT2D eigenvalue weighted by atomic mass is 10.1. The number of halogens is 2. The molecule has 84 valence electrons. The van der Waals surface area contributed by atoms with Gasteiger partial charge in [-0.05, 0) is 52.2 Å². The van der Waals surface area contributed by atoms with Crippen molar-refractivity contribution in [3.05, 3.63) is 55.9 Å². The van der Waals surface area contributed by atoms with Gasteiger partial charge in [-0.25, -0.2) is 4.39 Å². The van der Waals surface area contributed by atoms with Crippen LogP contribution in [0.5, 0.6) is 0 Å². The van der Waals surface area contributed by atoms with Crippen molar-refractivity contribution in [2.75, 3.05) is 0 Å². The largest absolute Gasteiger partial charge is 0.383 e. The van der Waals surface area contributed by atoms with Crippen LogP contribution in [0, 0.1) is 12.7 Å². The molecule has 1 aromatic heterocycles. The molecule has 0 amide bonds. The SMILES string of the molecule is Cc1cc(F)cc(C(O)c2cc(Br)cs2)c1. The van der Waals surface area contributed by atoms with Gasteiger partial charge in [-0.2, -0.15) is 0 Å². The number of rotatable bonds is 2. The highest BCUT2D eigenvalue weighted by Gasteiger charge is 2.13. The lowest BCUT2D eigenvalue weighted by molar-refractivity contribution is 0.223. The number of benzene rings is 1. The summed E-state index contributed by atoms with van der Waals surface area (Å²) in [7, 11) is 0. The Labute approximate surface area is 106 Å². The fraction of sp³-hybridized carbons (Fsp3) is 0.167. The Hall–Kier alpha value is -0.710. The first-order valence-corrected chi connectivity index (χ1v) is 6.42. The van der Waals surface area contributed by atoms with Gasteiger partial charge in [0.15, 0.2) is 0 Å². The Bertz CT molecular complexity index is 489. The molecule has 1 N–H and O–H groups in total. The summed E-state index contributed by atoms with van der Waals surface area (Å²) in [4.78, 5) is 0.803. The second-order valence-corrected chi connectivity index (χ2v) is 5.49. The van der Waals surface area contributed by atoms with Gasteiger partial charge in [-0.15, -0.1) is 11.3 Å². The van der Waals surface area contributed by atoms with Crippen molar-refractivity contribution < 1.29 is 9.50 Å². The lowest BCUT2D eigenvalue weighted by Crippen LogP contribution is -1.98. The van der Waals surface area contributed by atoms with E-state index in [0.717, 1.165) is 14.9 Å². The summed E-state index contributed by atoms with van der Waals surface area (Å²) in [5.41, 5.74) is 1.40. The molecular weight excluding hydrogens is 291 g/mol. The highest BCUT2D eigenvalue weighted by Crippen LogP contribution is 2.30. The van der Waals surface area contributed by atoms with Crippen LogP contribution in [0.1, 0.15) is 22.1 Å². The van der Waals surface area contributed by atoms with Crippen molar-refractivity contribution in [1.29, 1.82) is 0 Å². The molecule has 0 saturated heterocycles. The quantitative estimate of drug-likeness (QED) is 0.887. The van der Waals surface area contributed by atoms with Crippen molar-refractivity contribution in [3.8, 4) is 0 Å². The van der Waals surface area contributed by atoms with Gasteiger partial charge in [-0.3, -0.25) is 0 Å². The summed E-state index contributed by atoms with van der Waals surface area (Å²) < 4.78 is 14.1. The minimum Gasteiger partial charge on any atom is -0.383 e. The number of thiophene rings is 1. The molecule has 16 heavy (non-hydrogen) atoms. The van der Waals surface area contributed by atoms with E-state index in [2.05, 4.69) is 15.9 Å². The van der Waals surface area contributed by atoms with Gasteiger partial charge in [0.1, 0.15) is 11.9 Å². The summed E-state index contributed by atoms with van der Waals surface area (Å²) >= 11 is 4.77. The number of hydrogen-bond acceptors (Lipinski definition) is 2. The van der Waals surface area contributed by atoms with E-state index in [-0.39, 0.29) is 5.82 Å². The van der Waals surface area contributed by atoms with Crippen LogP contribution in [0.2, 0.25) is 0 Å². The summed E-state index contributed by atoms with van der Waals surface area (Å²) in [6.45, 7) is 1.81. The van der Waals surface area contributed by atoms with Crippen molar-refractivity contribution in [3.63, 3.8) is 0 Å². The Kier molecular flexibility index (Phi) is 3.42. The van der Waals surface area contributed by atoms with Crippen LogP contribution in [0.3, 0.4) is 0 Å². The first-order valence-electron chi connectivity index (χ1n) is 4.75. The number of aliphatic hydroxyl groups is 1. The first-order chi connectivity index (χ1) is 7.56. The maximum absolute atomic E-state index is 13.2. The molecule has 0 aliphatic heterocycles. The average molecular weight is 301 g/mol. The van der Waals surface area contributed by atoms with Gasteiger partial charge >= 0.3 is 0 Å². The molecule has 1 heterocycles. The van der Waals surface area contributed by atoms with Crippen LogP contribution in [0.25, 0.3) is 0 Å². The Morgan fingerprint density at radius 1 is 1.31 bits per heavy atom. The molecule has 2 rings (SSSR count). The minimum atomic E-state index is -0.759. The van der Waals surface area contributed by atoms with E-state index in [4.69, 9.17) is 0 Å². The predicted molar refractivity (Wildman–Crippen MR) is 67.2 cm³/mol. The summed E-state index contributed by atoms with van der Waals surface area (Å²) in [5, 5.41) is 12.0. The Balaban J connectivity index is 2.37.